The van der Waals surface area contributed by atoms with Gasteiger partial charge in [0, 0.05) is 49.4 Å². The van der Waals surface area contributed by atoms with Crippen molar-refractivity contribution in [3.63, 3.8) is 0 Å². The monoisotopic (exact) mass is 382 g/mol. The molecule has 3 aromatic heterocycles. The Hall–Kier alpha value is -2.78. The van der Waals surface area contributed by atoms with Crippen molar-refractivity contribution < 1.29 is 0 Å². The molecule has 0 saturated carbocycles. The summed E-state index contributed by atoms with van der Waals surface area (Å²) in [7, 11) is 1.89. The first-order valence-electron chi connectivity index (χ1n) is 8.91. The second-order valence-corrected chi connectivity index (χ2v) is 7.13. The highest BCUT2D eigenvalue weighted by Crippen LogP contribution is 2.23. The molecule has 1 atom stereocenters. The molecule has 1 saturated heterocycles. The van der Waals surface area contributed by atoms with Crippen LogP contribution in [0.4, 0.5) is 5.82 Å². The molecule has 27 heavy (non-hydrogen) atoms. The molecule has 8 nitrogen and oxygen atoms in total. The Morgan fingerprint density at radius 1 is 1.41 bits per heavy atom. The molecule has 140 valence electrons. The molecule has 0 spiro atoms. The third-order valence-corrected chi connectivity index (χ3v) is 4.96. The van der Waals surface area contributed by atoms with Crippen LogP contribution in [-0.4, -0.2) is 42.2 Å². The molecule has 0 aromatic carbocycles. The molecule has 0 bridgehead atoms. The van der Waals surface area contributed by atoms with E-state index >= 15 is 0 Å². The minimum absolute atomic E-state index is 0.325. The van der Waals surface area contributed by atoms with Gasteiger partial charge in [-0.3, -0.25) is 9.08 Å². The van der Waals surface area contributed by atoms with Crippen LogP contribution in [0.2, 0.25) is 0 Å². The van der Waals surface area contributed by atoms with Gasteiger partial charge in [-0.2, -0.15) is 5.10 Å². The molecule has 9 heteroatoms. The van der Waals surface area contributed by atoms with E-state index in [4.69, 9.17) is 18.0 Å². The van der Waals surface area contributed by atoms with Gasteiger partial charge in [0.15, 0.2) is 11.5 Å². The fraction of sp³-hybridized carbons (Fsp3) is 0.333. The van der Waals surface area contributed by atoms with Crippen LogP contribution in [0.1, 0.15) is 12.8 Å². The summed E-state index contributed by atoms with van der Waals surface area (Å²) >= 11 is 5.47. The lowest BCUT2D eigenvalue weighted by Crippen LogP contribution is -2.33. The zero-order valence-electron chi connectivity index (χ0n) is 15.1. The average Bonchev–Trinajstić information content (AvgIpc) is 3.29. The number of nitrogens with one attached hydrogen (secondary N) is 2. The van der Waals surface area contributed by atoms with E-state index in [0.29, 0.717) is 22.4 Å². The van der Waals surface area contributed by atoms with Gasteiger partial charge in [0.1, 0.15) is 4.99 Å². The number of nitrogens with zero attached hydrogens (tertiary/aromatic N) is 5. The smallest absolute Gasteiger partial charge is 0.180 e. The van der Waals surface area contributed by atoms with Crippen LogP contribution in [0.5, 0.6) is 0 Å². The summed E-state index contributed by atoms with van der Waals surface area (Å²) in [5.41, 5.74) is 9.66. The van der Waals surface area contributed by atoms with Gasteiger partial charge in [0.25, 0.3) is 0 Å². The van der Waals surface area contributed by atoms with Gasteiger partial charge in [-0.05, 0) is 25.5 Å². The summed E-state index contributed by atoms with van der Waals surface area (Å²) in [6, 6.07) is 0. The van der Waals surface area contributed by atoms with Crippen molar-refractivity contribution in [2.45, 2.75) is 12.8 Å². The topological polar surface area (TPSA) is 98.1 Å². The molecule has 0 radical (unpaired) electrons. The van der Waals surface area contributed by atoms with Gasteiger partial charge in [0.05, 0.1) is 18.1 Å². The van der Waals surface area contributed by atoms with E-state index in [-0.39, 0.29) is 0 Å². The number of aromatic nitrogens is 5. The van der Waals surface area contributed by atoms with Gasteiger partial charge in [-0.25, -0.2) is 9.97 Å². The maximum atomic E-state index is 6.24. The van der Waals surface area contributed by atoms with E-state index in [9.17, 15) is 0 Å². The van der Waals surface area contributed by atoms with Crippen LogP contribution in [0.25, 0.3) is 16.9 Å². The predicted octanol–water partition coefficient (Wildman–Crippen LogP) is 1.71. The largest absolute Gasteiger partial charge is 0.402 e. The second-order valence-electron chi connectivity index (χ2n) is 6.69. The van der Waals surface area contributed by atoms with Crippen molar-refractivity contribution >= 4 is 28.7 Å². The number of aryl methyl sites for hydroxylation is 1. The molecule has 1 unspecified atom stereocenters. The SMILES string of the molecule is Cn1cc(-c2cnc3c(NC(=S)C=C(N)C4CCCNC4)nccn23)cn1. The van der Waals surface area contributed by atoms with E-state index in [1.54, 1.807) is 17.1 Å². The van der Waals surface area contributed by atoms with Crippen LogP contribution < -0.4 is 16.4 Å². The lowest BCUT2D eigenvalue weighted by Gasteiger charge is -2.23. The number of rotatable bonds is 4. The number of anilines is 1. The molecule has 3 aromatic rings. The Morgan fingerprint density at radius 2 is 2.30 bits per heavy atom. The summed E-state index contributed by atoms with van der Waals surface area (Å²) in [6.45, 7) is 1.95. The summed E-state index contributed by atoms with van der Waals surface area (Å²) in [5, 5.41) is 10.8. The van der Waals surface area contributed by atoms with Gasteiger partial charge < -0.3 is 16.4 Å². The second kappa shape index (κ2) is 7.45. The summed E-state index contributed by atoms with van der Waals surface area (Å²) < 4.78 is 3.73. The standard InChI is InChI=1S/C18H22N8S/c1-25-11-13(9-23-25)15-10-22-18-17(21-5-6-26(15)18)24-16(27)7-14(19)12-3-2-4-20-8-12/h5-7,9-12,20H,2-4,8,19H2,1H3,(H,21,24,27). The van der Waals surface area contributed by atoms with Crippen LogP contribution in [0, 0.1) is 5.92 Å². The van der Waals surface area contributed by atoms with Crippen molar-refractivity contribution in [2.24, 2.45) is 18.7 Å². The molecular weight excluding hydrogens is 360 g/mol. The highest BCUT2D eigenvalue weighted by Gasteiger charge is 2.16. The molecule has 4 heterocycles. The van der Waals surface area contributed by atoms with Crippen LogP contribution >= 0.6 is 12.2 Å². The molecule has 4 N–H and O–H groups in total. The number of imidazole rings is 1. The lowest BCUT2D eigenvalue weighted by atomic mass is 9.96. The first kappa shape index (κ1) is 17.6. The number of hydrogen-bond acceptors (Lipinski definition) is 6. The highest BCUT2D eigenvalue weighted by molar-refractivity contribution is 7.81. The first-order chi connectivity index (χ1) is 13.1. The molecule has 1 fully saturated rings. The Morgan fingerprint density at radius 3 is 3.04 bits per heavy atom. The van der Waals surface area contributed by atoms with Crippen molar-refractivity contribution in [3.8, 4) is 11.3 Å². The molecule has 0 amide bonds. The van der Waals surface area contributed by atoms with Gasteiger partial charge in [-0.1, -0.05) is 12.2 Å². The van der Waals surface area contributed by atoms with Crippen molar-refractivity contribution in [3.05, 3.63) is 42.8 Å². The minimum atomic E-state index is 0.325. The highest BCUT2D eigenvalue weighted by atomic mass is 32.1. The van der Waals surface area contributed by atoms with E-state index in [1.165, 1.54) is 0 Å². The first-order valence-corrected chi connectivity index (χ1v) is 9.32. The van der Waals surface area contributed by atoms with E-state index in [0.717, 1.165) is 42.9 Å². The Labute approximate surface area is 162 Å². The van der Waals surface area contributed by atoms with Crippen molar-refractivity contribution in [1.29, 1.82) is 0 Å². The van der Waals surface area contributed by atoms with Gasteiger partial charge in [-0.15, -0.1) is 0 Å². The summed E-state index contributed by atoms with van der Waals surface area (Å²) in [5.74, 6) is 0.925. The van der Waals surface area contributed by atoms with Crippen LogP contribution in [-0.2, 0) is 7.05 Å². The third-order valence-electron chi connectivity index (χ3n) is 4.74. The number of hydrogen-bond donors (Lipinski definition) is 3. The fourth-order valence-corrected chi connectivity index (χ4v) is 3.57. The summed E-state index contributed by atoms with van der Waals surface area (Å²) in [6.07, 6.45) is 13.2. The molecular formula is C18H22N8S. The summed E-state index contributed by atoms with van der Waals surface area (Å²) in [4.78, 5) is 9.43. The maximum Gasteiger partial charge on any atom is 0.180 e. The minimum Gasteiger partial charge on any atom is -0.402 e. The van der Waals surface area contributed by atoms with Crippen molar-refractivity contribution in [1.82, 2.24) is 29.5 Å². The number of piperidine rings is 1. The third kappa shape index (κ3) is 3.69. The van der Waals surface area contributed by atoms with Crippen LogP contribution in [0.3, 0.4) is 0 Å². The predicted molar refractivity (Wildman–Crippen MR) is 109 cm³/mol. The fourth-order valence-electron chi connectivity index (χ4n) is 3.33. The zero-order chi connectivity index (χ0) is 18.8. The van der Waals surface area contributed by atoms with E-state index in [1.807, 2.05) is 36.1 Å². The molecule has 0 aliphatic carbocycles. The molecule has 1 aliphatic heterocycles. The quantitative estimate of drug-likeness (QED) is 0.467. The normalized spacial score (nSPS) is 18.0. The molecule has 1 aliphatic rings. The van der Waals surface area contributed by atoms with Crippen LogP contribution in [0.15, 0.2) is 42.8 Å². The number of thiocarbonyl (C=S) groups is 1. The Kier molecular flexibility index (Phi) is 4.87. The molecule has 4 rings (SSSR count). The number of nitrogens with two attached hydrogens (primary N) is 1. The average molecular weight is 382 g/mol. The maximum absolute atomic E-state index is 6.24. The van der Waals surface area contributed by atoms with Gasteiger partial charge >= 0.3 is 0 Å². The van der Waals surface area contributed by atoms with Gasteiger partial charge in [0.2, 0.25) is 0 Å². The number of fused-ring (bicyclic) bond motifs is 1. The Bertz CT molecular complexity index is 996. The van der Waals surface area contributed by atoms with Crippen molar-refractivity contribution in [2.75, 3.05) is 18.4 Å². The van der Waals surface area contributed by atoms with E-state index in [2.05, 4.69) is 25.7 Å². The van der Waals surface area contributed by atoms with E-state index < -0.39 is 0 Å². The zero-order valence-corrected chi connectivity index (χ0v) is 15.9. The lowest BCUT2D eigenvalue weighted by molar-refractivity contribution is 0.420. The Balaban J connectivity index is 1.57.